The molecule has 0 saturated carbocycles. The van der Waals surface area contributed by atoms with Crippen LogP contribution in [0.5, 0.6) is 5.75 Å². The highest BCUT2D eigenvalue weighted by atomic mass is 32.1. The molecule has 0 heterocycles. The summed E-state index contributed by atoms with van der Waals surface area (Å²) in [7, 11) is 0. The molecule has 5 nitrogen and oxygen atoms in total. The van der Waals surface area contributed by atoms with Crippen LogP contribution in [0.1, 0.15) is 17.3 Å². The van der Waals surface area contributed by atoms with Crippen LogP contribution in [-0.2, 0) is 4.74 Å². The zero-order valence-electron chi connectivity index (χ0n) is 13.8. The number of hydrogen-bond acceptors (Lipinski definition) is 4. The SMILES string of the molecule is CCOCCOc1ccc(C(=O)NC(=S)Nc2ccc(F)cc2)cc1. The standard InChI is InChI=1S/C18H19FN2O3S/c1-2-23-11-12-24-16-9-3-13(4-10-16)17(22)21-18(25)20-15-7-5-14(19)6-8-15/h3-10H,2,11-12H2,1H3,(H2,20,21,22,25). The number of carbonyl (C=O) groups excluding carboxylic acids is 1. The molecular weight excluding hydrogens is 343 g/mol. The molecule has 0 atom stereocenters. The highest BCUT2D eigenvalue weighted by Crippen LogP contribution is 2.12. The van der Waals surface area contributed by atoms with Gasteiger partial charge in [0.05, 0.1) is 6.61 Å². The molecule has 0 aliphatic rings. The van der Waals surface area contributed by atoms with E-state index in [0.717, 1.165) is 0 Å². The molecule has 25 heavy (non-hydrogen) atoms. The Bertz CT molecular complexity index is 705. The van der Waals surface area contributed by atoms with E-state index < -0.39 is 0 Å². The maximum Gasteiger partial charge on any atom is 0.257 e. The van der Waals surface area contributed by atoms with E-state index in [1.54, 1.807) is 24.3 Å². The van der Waals surface area contributed by atoms with E-state index in [0.29, 0.717) is 36.8 Å². The smallest absolute Gasteiger partial charge is 0.257 e. The first-order valence-electron chi connectivity index (χ1n) is 7.77. The molecule has 2 aromatic rings. The molecule has 2 aromatic carbocycles. The van der Waals surface area contributed by atoms with Crippen molar-refractivity contribution in [1.29, 1.82) is 0 Å². The Hall–Kier alpha value is -2.51. The lowest BCUT2D eigenvalue weighted by Gasteiger charge is -2.10. The lowest BCUT2D eigenvalue weighted by atomic mass is 10.2. The van der Waals surface area contributed by atoms with E-state index in [1.807, 2.05) is 6.92 Å². The summed E-state index contributed by atoms with van der Waals surface area (Å²) >= 11 is 5.08. The van der Waals surface area contributed by atoms with Crippen LogP contribution in [0.3, 0.4) is 0 Å². The van der Waals surface area contributed by atoms with Crippen molar-refractivity contribution in [1.82, 2.24) is 5.32 Å². The van der Waals surface area contributed by atoms with Gasteiger partial charge in [-0.25, -0.2) is 4.39 Å². The zero-order valence-corrected chi connectivity index (χ0v) is 14.6. The highest BCUT2D eigenvalue weighted by molar-refractivity contribution is 7.80. The molecule has 0 saturated heterocycles. The summed E-state index contributed by atoms with van der Waals surface area (Å²) in [4.78, 5) is 12.2. The Morgan fingerprint density at radius 3 is 2.40 bits per heavy atom. The van der Waals surface area contributed by atoms with Crippen molar-refractivity contribution in [3.63, 3.8) is 0 Å². The number of carbonyl (C=O) groups is 1. The number of amides is 1. The molecular formula is C18H19FN2O3S. The van der Waals surface area contributed by atoms with Gasteiger partial charge in [-0.05, 0) is 67.7 Å². The number of benzene rings is 2. The van der Waals surface area contributed by atoms with E-state index >= 15 is 0 Å². The van der Waals surface area contributed by atoms with E-state index in [-0.39, 0.29) is 16.8 Å². The second-order valence-electron chi connectivity index (χ2n) is 4.98. The Kier molecular flexibility index (Phi) is 7.31. The van der Waals surface area contributed by atoms with Gasteiger partial charge in [-0.1, -0.05) is 0 Å². The maximum absolute atomic E-state index is 12.9. The minimum absolute atomic E-state index is 0.133. The Morgan fingerprint density at radius 1 is 1.08 bits per heavy atom. The largest absolute Gasteiger partial charge is 0.491 e. The van der Waals surface area contributed by atoms with Crippen molar-refractivity contribution in [2.75, 3.05) is 25.1 Å². The predicted molar refractivity (Wildman–Crippen MR) is 98.5 cm³/mol. The molecule has 0 bridgehead atoms. The quantitative estimate of drug-likeness (QED) is 0.584. The van der Waals surface area contributed by atoms with Crippen molar-refractivity contribution < 1.29 is 18.7 Å². The normalized spacial score (nSPS) is 10.2. The molecule has 0 spiro atoms. The first kappa shape index (κ1) is 18.8. The van der Waals surface area contributed by atoms with Crippen LogP contribution in [0, 0.1) is 5.82 Å². The number of hydrogen-bond donors (Lipinski definition) is 2. The van der Waals surface area contributed by atoms with Gasteiger partial charge in [0.1, 0.15) is 18.2 Å². The Balaban J connectivity index is 1.83. The Labute approximate surface area is 151 Å². The van der Waals surface area contributed by atoms with Gasteiger partial charge >= 0.3 is 0 Å². The second-order valence-corrected chi connectivity index (χ2v) is 5.39. The van der Waals surface area contributed by atoms with E-state index in [9.17, 15) is 9.18 Å². The van der Waals surface area contributed by atoms with Crippen LogP contribution in [-0.4, -0.2) is 30.8 Å². The van der Waals surface area contributed by atoms with Crippen LogP contribution in [0.2, 0.25) is 0 Å². The summed E-state index contributed by atoms with van der Waals surface area (Å²) in [6.07, 6.45) is 0. The van der Waals surface area contributed by atoms with Crippen LogP contribution in [0.15, 0.2) is 48.5 Å². The minimum atomic E-state index is -0.347. The molecule has 0 unspecified atom stereocenters. The number of nitrogens with one attached hydrogen (secondary N) is 2. The summed E-state index contributed by atoms with van der Waals surface area (Å²) in [6, 6.07) is 12.4. The third-order valence-corrected chi connectivity index (χ3v) is 3.35. The number of ether oxygens (including phenoxy) is 2. The first-order valence-corrected chi connectivity index (χ1v) is 8.18. The van der Waals surface area contributed by atoms with E-state index in [1.165, 1.54) is 24.3 Å². The van der Waals surface area contributed by atoms with Crippen LogP contribution in [0.25, 0.3) is 0 Å². The highest BCUT2D eigenvalue weighted by Gasteiger charge is 2.08. The molecule has 1 amide bonds. The van der Waals surface area contributed by atoms with Crippen LogP contribution in [0.4, 0.5) is 10.1 Å². The van der Waals surface area contributed by atoms with Gasteiger partial charge in [-0.2, -0.15) is 0 Å². The number of halogens is 1. The molecule has 0 aliphatic heterocycles. The van der Waals surface area contributed by atoms with Crippen molar-refractivity contribution in [2.45, 2.75) is 6.92 Å². The van der Waals surface area contributed by atoms with Crippen molar-refractivity contribution in [3.8, 4) is 5.75 Å². The third kappa shape index (κ3) is 6.48. The first-order chi connectivity index (χ1) is 12.1. The monoisotopic (exact) mass is 362 g/mol. The minimum Gasteiger partial charge on any atom is -0.491 e. The molecule has 7 heteroatoms. The fraction of sp³-hybridized carbons (Fsp3) is 0.222. The van der Waals surface area contributed by atoms with E-state index in [4.69, 9.17) is 21.7 Å². The number of anilines is 1. The van der Waals surface area contributed by atoms with Gasteiger partial charge in [0.25, 0.3) is 5.91 Å². The summed E-state index contributed by atoms with van der Waals surface area (Å²) in [5, 5.41) is 5.51. The zero-order chi connectivity index (χ0) is 18.1. The van der Waals surface area contributed by atoms with Gasteiger partial charge in [0, 0.05) is 17.9 Å². The van der Waals surface area contributed by atoms with Crippen LogP contribution < -0.4 is 15.4 Å². The summed E-state index contributed by atoms with van der Waals surface area (Å²) in [5.74, 6) is -0.0344. The van der Waals surface area contributed by atoms with Gasteiger partial charge in [0.15, 0.2) is 5.11 Å². The van der Waals surface area contributed by atoms with E-state index in [2.05, 4.69) is 10.6 Å². The average Bonchev–Trinajstić information content (AvgIpc) is 2.61. The summed E-state index contributed by atoms with van der Waals surface area (Å²) in [5.41, 5.74) is 1.03. The van der Waals surface area contributed by atoms with Crippen molar-refractivity contribution in [3.05, 3.63) is 59.9 Å². The molecule has 2 rings (SSSR count). The fourth-order valence-corrected chi connectivity index (χ4v) is 2.15. The molecule has 2 N–H and O–H groups in total. The molecule has 0 fully saturated rings. The molecule has 0 aromatic heterocycles. The van der Waals surface area contributed by atoms with Gasteiger partial charge in [-0.3, -0.25) is 10.1 Å². The summed E-state index contributed by atoms with van der Waals surface area (Å²) < 4.78 is 23.5. The van der Waals surface area contributed by atoms with Gasteiger partial charge < -0.3 is 14.8 Å². The van der Waals surface area contributed by atoms with Gasteiger partial charge in [-0.15, -0.1) is 0 Å². The molecule has 132 valence electrons. The van der Waals surface area contributed by atoms with Crippen molar-refractivity contribution >= 4 is 28.9 Å². The average molecular weight is 362 g/mol. The van der Waals surface area contributed by atoms with Crippen molar-refractivity contribution in [2.24, 2.45) is 0 Å². The second kappa shape index (κ2) is 9.71. The predicted octanol–water partition coefficient (Wildman–Crippen LogP) is 3.37. The lowest BCUT2D eigenvalue weighted by molar-refractivity contribution is 0.0977. The summed E-state index contributed by atoms with van der Waals surface area (Å²) in [6.45, 7) is 3.53. The van der Waals surface area contributed by atoms with Gasteiger partial charge in [0.2, 0.25) is 0 Å². The molecule has 0 radical (unpaired) electrons. The Morgan fingerprint density at radius 2 is 1.76 bits per heavy atom. The maximum atomic E-state index is 12.9. The number of thiocarbonyl (C=S) groups is 1. The fourth-order valence-electron chi connectivity index (χ4n) is 1.94. The topological polar surface area (TPSA) is 59.6 Å². The van der Waals surface area contributed by atoms with Crippen LogP contribution >= 0.6 is 12.2 Å². The molecule has 0 aliphatic carbocycles. The third-order valence-electron chi connectivity index (χ3n) is 3.15. The lowest BCUT2D eigenvalue weighted by Crippen LogP contribution is -2.34. The number of rotatable bonds is 7.